The standard InChI is InChI=1S/C15H15N3O2/c19-14(16-12-4-2-1-3-5-12)10-18-15(20)9-8-13(17-18)11-6-7-11/h1-5,8-9,11H,6-7,10H2,(H,16,19). The lowest BCUT2D eigenvalue weighted by atomic mass is 10.3. The van der Waals surface area contributed by atoms with Gasteiger partial charge in [-0.25, -0.2) is 4.68 Å². The van der Waals surface area contributed by atoms with Crippen LogP contribution in [0.1, 0.15) is 24.5 Å². The van der Waals surface area contributed by atoms with Crippen molar-refractivity contribution in [3.05, 3.63) is 58.5 Å². The van der Waals surface area contributed by atoms with Gasteiger partial charge in [-0.05, 0) is 31.0 Å². The fraction of sp³-hybridized carbons (Fsp3) is 0.267. The molecule has 0 bridgehead atoms. The number of para-hydroxylation sites is 1. The first-order valence-electron chi connectivity index (χ1n) is 6.65. The molecule has 2 aromatic rings. The molecular weight excluding hydrogens is 254 g/mol. The van der Waals surface area contributed by atoms with Gasteiger partial charge in [0, 0.05) is 17.7 Å². The van der Waals surface area contributed by atoms with E-state index >= 15 is 0 Å². The molecule has 1 aliphatic rings. The van der Waals surface area contributed by atoms with Gasteiger partial charge in [0.15, 0.2) is 0 Å². The molecule has 102 valence electrons. The molecule has 1 aliphatic carbocycles. The van der Waals surface area contributed by atoms with Crippen LogP contribution in [-0.4, -0.2) is 15.7 Å². The van der Waals surface area contributed by atoms with E-state index in [0.717, 1.165) is 18.5 Å². The first-order chi connectivity index (χ1) is 9.72. The number of benzene rings is 1. The fourth-order valence-corrected chi connectivity index (χ4v) is 2.03. The van der Waals surface area contributed by atoms with Gasteiger partial charge in [0.1, 0.15) is 6.54 Å². The Labute approximate surface area is 116 Å². The minimum atomic E-state index is -0.252. The van der Waals surface area contributed by atoms with Crippen molar-refractivity contribution in [3.63, 3.8) is 0 Å². The average molecular weight is 269 g/mol. The number of carbonyl (C=O) groups excluding carboxylic acids is 1. The minimum absolute atomic E-state index is 0.0612. The highest BCUT2D eigenvalue weighted by molar-refractivity contribution is 5.90. The third-order valence-electron chi connectivity index (χ3n) is 3.23. The maximum atomic E-state index is 11.9. The second kappa shape index (κ2) is 5.28. The van der Waals surface area contributed by atoms with Gasteiger partial charge in [0.25, 0.3) is 5.56 Å². The number of hydrogen-bond donors (Lipinski definition) is 1. The molecule has 5 heteroatoms. The topological polar surface area (TPSA) is 64.0 Å². The molecule has 0 radical (unpaired) electrons. The van der Waals surface area contributed by atoms with Crippen molar-refractivity contribution < 1.29 is 4.79 Å². The molecule has 1 aromatic carbocycles. The maximum absolute atomic E-state index is 11.9. The molecule has 20 heavy (non-hydrogen) atoms. The van der Waals surface area contributed by atoms with E-state index in [1.165, 1.54) is 10.7 Å². The van der Waals surface area contributed by atoms with E-state index in [-0.39, 0.29) is 18.0 Å². The van der Waals surface area contributed by atoms with E-state index < -0.39 is 0 Å². The summed E-state index contributed by atoms with van der Waals surface area (Å²) in [5.41, 5.74) is 1.36. The van der Waals surface area contributed by atoms with Gasteiger partial charge in [-0.15, -0.1) is 0 Å². The number of hydrogen-bond acceptors (Lipinski definition) is 3. The van der Waals surface area contributed by atoms with Crippen LogP contribution >= 0.6 is 0 Å². The summed E-state index contributed by atoms with van der Waals surface area (Å²) in [7, 11) is 0. The van der Waals surface area contributed by atoms with Crippen LogP contribution in [0.4, 0.5) is 5.69 Å². The highest BCUT2D eigenvalue weighted by atomic mass is 16.2. The normalized spacial score (nSPS) is 14.0. The zero-order valence-corrected chi connectivity index (χ0v) is 11.0. The van der Waals surface area contributed by atoms with E-state index in [1.54, 1.807) is 18.2 Å². The van der Waals surface area contributed by atoms with Gasteiger partial charge < -0.3 is 5.32 Å². The molecule has 1 heterocycles. The molecule has 1 saturated carbocycles. The number of nitrogens with one attached hydrogen (secondary N) is 1. The molecule has 0 atom stereocenters. The van der Waals surface area contributed by atoms with Crippen molar-refractivity contribution in [1.82, 2.24) is 9.78 Å². The second-order valence-corrected chi connectivity index (χ2v) is 4.94. The maximum Gasteiger partial charge on any atom is 0.267 e. The smallest absolute Gasteiger partial charge is 0.267 e. The first-order valence-corrected chi connectivity index (χ1v) is 6.65. The monoisotopic (exact) mass is 269 g/mol. The average Bonchev–Trinajstić information content (AvgIpc) is 3.27. The Kier molecular flexibility index (Phi) is 3.33. The zero-order chi connectivity index (χ0) is 13.9. The van der Waals surface area contributed by atoms with E-state index in [1.807, 2.05) is 18.2 Å². The number of aromatic nitrogens is 2. The van der Waals surface area contributed by atoms with Crippen LogP contribution in [0, 0.1) is 0 Å². The van der Waals surface area contributed by atoms with Gasteiger partial charge in [-0.2, -0.15) is 5.10 Å². The van der Waals surface area contributed by atoms with E-state index in [0.29, 0.717) is 11.6 Å². The third kappa shape index (κ3) is 2.93. The van der Waals surface area contributed by atoms with Crippen molar-refractivity contribution >= 4 is 11.6 Å². The molecule has 1 aromatic heterocycles. The number of rotatable bonds is 4. The molecular formula is C15H15N3O2. The Morgan fingerprint density at radius 1 is 1.20 bits per heavy atom. The van der Waals surface area contributed by atoms with E-state index in [9.17, 15) is 9.59 Å². The summed E-state index contributed by atoms with van der Waals surface area (Å²) in [5.74, 6) is 0.206. The van der Waals surface area contributed by atoms with E-state index in [4.69, 9.17) is 0 Å². The molecule has 1 fully saturated rings. The summed E-state index contributed by atoms with van der Waals surface area (Å²) >= 11 is 0. The fourth-order valence-electron chi connectivity index (χ4n) is 2.03. The van der Waals surface area contributed by atoms with Gasteiger partial charge in [-0.3, -0.25) is 9.59 Å². The van der Waals surface area contributed by atoms with E-state index in [2.05, 4.69) is 10.4 Å². The summed E-state index contributed by atoms with van der Waals surface area (Å²) in [6.45, 7) is -0.0612. The summed E-state index contributed by atoms with van der Waals surface area (Å²) in [6, 6.07) is 12.4. The van der Waals surface area contributed by atoms with Crippen molar-refractivity contribution in [2.24, 2.45) is 0 Å². The summed E-state index contributed by atoms with van der Waals surface area (Å²) < 4.78 is 1.23. The number of anilines is 1. The predicted molar refractivity (Wildman–Crippen MR) is 75.5 cm³/mol. The lowest BCUT2D eigenvalue weighted by Crippen LogP contribution is -2.29. The van der Waals surface area contributed by atoms with Crippen LogP contribution in [0.5, 0.6) is 0 Å². The van der Waals surface area contributed by atoms with Crippen molar-refractivity contribution in [2.45, 2.75) is 25.3 Å². The van der Waals surface area contributed by atoms with Crippen molar-refractivity contribution in [1.29, 1.82) is 0 Å². The first kappa shape index (κ1) is 12.6. The molecule has 3 rings (SSSR count). The Balaban J connectivity index is 1.72. The number of nitrogens with zero attached hydrogens (tertiary/aromatic N) is 2. The zero-order valence-electron chi connectivity index (χ0n) is 11.0. The molecule has 0 spiro atoms. The number of amides is 1. The van der Waals surface area contributed by atoms with Crippen LogP contribution in [-0.2, 0) is 11.3 Å². The van der Waals surface area contributed by atoms with Gasteiger partial charge in [0.05, 0.1) is 5.69 Å². The summed E-state index contributed by atoms with van der Waals surface area (Å²) in [5, 5.41) is 7.00. The predicted octanol–water partition coefficient (Wildman–Crippen LogP) is 1.76. The van der Waals surface area contributed by atoms with Crippen molar-refractivity contribution in [3.8, 4) is 0 Å². The summed E-state index contributed by atoms with van der Waals surface area (Å²) in [6.07, 6.45) is 2.23. The molecule has 0 aliphatic heterocycles. The van der Waals surface area contributed by atoms with Crippen LogP contribution in [0.25, 0.3) is 0 Å². The Hall–Kier alpha value is -2.43. The lowest BCUT2D eigenvalue weighted by molar-refractivity contribution is -0.117. The molecule has 0 unspecified atom stereocenters. The third-order valence-corrected chi connectivity index (χ3v) is 3.23. The SMILES string of the molecule is O=C(Cn1nc(C2CC2)ccc1=O)Nc1ccccc1. The van der Waals surface area contributed by atoms with Crippen molar-refractivity contribution in [2.75, 3.05) is 5.32 Å². The number of carbonyl (C=O) groups is 1. The van der Waals surface area contributed by atoms with Crippen LogP contribution in [0.2, 0.25) is 0 Å². The quantitative estimate of drug-likeness (QED) is 0.919. The highest BCUT2D eigenvalue weighted by Gasteiger charge is 2.25. The summed E-state index contributed by atoms with van der Waals surface area (Å²) in [4.78, 5) is 23.6. The molecule has 1 N–H and O–H groups in total. The largest absolute Gasteiger partial charge is 0.324 e. The Bertz CT molecular complexity index is 675. The highest BCUT2D eigenvalue weighted by Crippen LogP contribution is 2.38. The van der Waals surface area contributed by atoms with Gasteiger partial charge in [0.2, 0.25) is 5.91 Å². The van der Waals surface area contributed by atoms with Crippen LogP contribution in [0.15, 0.2) is 47.3 Å². The molecule has 0 saturated heterocycles. The minimum Gasteiger partial charge on any atom is -0.324 e. The van der Waals surface area contributed by atoms with Gasteiger partial charge >= 0.3 is 0 Å². The molecule has 5 nitrogen and oxygen atoms in total. The Morgan fingerprint density at radius 2 is 1.95 bits per heavy atom. The second-order valence-electron chi connectivity index (χ2n) is 4.94. The molecule has 1 amide bonds. The van der Waals surface area contributed by atoms with Gasteiger partial charge in [-0.1, -0.05) is 18.2 Å². The van der Waals surface area contributed by atoms with Crippen LogP contribution in [0.3, 0.4) is 0 Å². The van der Waals surface area contributed by atoms with Crippen LogP contribution < -0.4 is 10.9 Å². The lowest BCUT2D eigenvalue weighted by Gasteiger charge is -2.07. The Morgan fingerprint density at radius 3 is 2.65 bits per heavy atom.